The van der Waals surface area contributed by atoms with Crippen molar-refractivity contribution in [1.82, 2.24) is 45.1 Å². The number of piperidine rings is 3. The zero-order valence-corrected chi connectivity index (χ0v) is 40.0. The van der Waals surface area contributed by atoms with Crippen LogP contribution in [0.3, 0.4) is 0 Å². The summed E-state index contributed by atoms with van der Waals surface area (Å²) in [6, 6.07) is 12.3. The maximum atomic E-state index is 13.0. The van der Waals surface area contributed by atoms with Crippen LogP contribution in [0.5, 0.6) is 0 Å². The van der Waals surface area contributed by atoms with Crippen LogP contribution in [-0.2, 0) is 40.6 Å². The predicted molar refractivity (Wildman–Crippen MR) is 260 cm³/mol. The lowest BCUT2D eigenvalue weighted by Crippen LogP contribution is -2.45. The van der Waals surface area contributed by atoms with Crippen LogP contribution < -0.4 is 10.6 Å². The molecule has 15 nitrogen and oxygen atoms in total. The summed E-state index contributed by atoms with van der Waals surface area (Å²) in [6.07, 6.45) is 12.3. The summed E-state index contributed by atoms with van der Waals surface area (Å²) >= 11 is 3.14. The van der Waals surface area contributed by atoms with E-state index in [1.54, 1.807) is 0 Å². The van der Waals surface area contributed by atoms with Crippen molar-refractivity contribution in [2.45, 2.75) is 111 Å². The van der Waals surface area contributed by atoms with Gasteiger partial charge in [-0.15, -0.1) is 0 Å². The molecule has 0 unspecified atom stereocenters. The number of halogens is 1. The second kappa shape index (κ2) is 31.0. The van der Waals surface area contributed by atoms with E-state index in [0.29, 0.717) is 49.3 Å². The molecule has 0 spiro atoms. The van der Waals surface area contributed by atoms with Crippen molar-refractivity contribution in [2.24, 2.45) is 17.8 Å². The van der Waals surface area contributed by atoms with E-state index in [1.807, 2.05) is 32.9 Å². The summed E-state index contributed by atoms with van der Waals surface area (Å²) in [5.41, 5.74) is 4.22. The average molecular weight is 973 g/mol. The molecule has 5 aliphatic heterocycles. The second-order valence-corrected chi connectivity index (χ2v) is 18.9. The monoisotopic (exact) mass is 972 g/mol. The third kappa shape index (κ3) is 20.0. The number of fused-ring (bicyclic) bond motifs is 4. The zero-order chi connectivity index (χ0) is 45.4. The van der Waals surface area contributed by atoms with Crippen molar-refractivity contribution < 1.29 is 29.7 Å². The summed E-state index contributed by atoms with van der Waals surface area (Å²) in [5.74, 6) is 1.56. The molecule has 4 bridgehead atoms. The fourth-order valence-electron chi connectivity index (χ4n) is 9.04. The van der Waals surface area contributed by atoms with Gasteiger partial charge >= 0.3 is 0 Å². The largest absolute Gasteiger partial charge is 0.396 e. The van der Waals surface area contributed by atoms with E-state index >= 15 is 0 Å². The van der Waals surface area contributed by atoms with Gasteiger partial charge in [0.1, 0.15) is 0 Å². The van der Waals surface area contributed by atoms with Gasteiger partial charge in [0.2, 0.25) is 17.7 Å². The van der Waals surface area contributed by atoms with Crippen molar-refractivity contribution in [3.8, 4) is 0 Å². The molecule has 0 aliphatic carbocycles. The predicted octanol–water partition coefficient (Wildman–Crippen LogP) is 4.02. The number of likely N-dealkylation sites (tertiary alicyclic amines) is 3. The van der Waals surface area contributed by atoms with Crippen LogP contribution in [-0.4, -0.2) is 171 Å². The molecule has 0 saturated carbocycles. The number of nitrogens with one attached hydrogen (secondary N) is 2. The number of carbonyl (C=O) groups excluding carboxylic acids is 3. The molecule has 16 heteroatoms. The third-order valence-electron chi connectivity index (χ3n) is 13.3. The molecule has 3 fully saturated rings. The van der Waals surface area contributed by atoms with Gasteiger partial charge in [-0.1, -0.05) is 48.3 Å². The summed E-state index contributed by atoms with van der Waals surface area (Å²) in [6.45, 7) is 13.0. The minimum atomic E-state index is 0. The van der Waals surface area contributed by atoms with Gasteiger partial charge in [0.05, 0.1) is 41.2 Å². The van der Waals surface area contributed by atoms with E-state index in [1.165, 1.54) is 19.3 Å². The Morgan fingerprint density at radius 3 is 1.26 bits per heavy atom. The highest BCUT2D eigenvalue weighted by atomic mass is 79.9. The Morgan fingerprint density at radius 2 is 0.877 bits per heavy atom. The van der Waals surface area contributed by atoms with Crippen molar-refractivity contribution in [1.29, 1.82) is 0 Å². The van der Waals surface area contributed by atoms with Gasteiger partial charge < -0.3 is 40.7 Å². The summed E-state index contributed by atoms with van der Waals surface area (Å²) in [7, 11) is 0. The van der Waals surface area contributed by atoms with Crippen LogP contribution in [0.1, 0.15) is 107 Å². The quantitative estimate of drug-likeness (QED) is 0.241. The number of pyridine rings is 2. The fraction of sp³-hybridized carbons (Fsp3) is 0.735. The first kappa shape index (κ1) is 54.5. The molecule has 0 aromatic carbocycles. The number of hydrogen-bond acceptors (Lipinski definition) is 12. The van der Waals surface area contributed by atoms with Crippen molar-refractivity contribution >= 4 is 33.7 Å². The summed E-state index contributed by atoms with van der Waals surface area (Å²) < 4.78 is 0. The summed E-state index contributed by atoms with van der Waals surface area (Å²) in [5, 5.41) is 34.9. The Kier molecular flexibility index (Phi) is 26.0. The van der Waals surface area contributed by atoms with Crippen molar-refractivity contribution in [2.75, 3.05) is 104 Å². The van der Waals surface area contributed by atoms with Gasteiger partial charge in [0.25, 0.3) is 0 Å². The highest BCUT2D eigenvalue weighted by Gasteiger charge is 2.26. The van der Waals surface area contributed by atoms with Crippen LogP contribution in [0, 0.1) is 17.8 Å². The van der Waals surface area contributed by atoms with Crippen LogP contribution in [0.4, 0.5) is 0 Å². The third-order valence-corrected chi connectivity index (χ3v) is 13.8. The Bertz CT molecular complexity index is 1560. The van der Waals surface area contributed by atoms with Gasteiger partial charge in [-0.3, -0.25) is 34.2 Å². The molecule has 5 aliphatic rings. The lowest BCUT2D eigenvalue weighted by molar-refractivity contribution is -0.134. The zero-order valence-electron chi connectivity index (χ0n) is 38.4. The highest BCUT2D eigenvalue weighted by Crippen LogP contribution is 2.20. The SMILES string of the molecule is C.O=C(CBr)N1CCC(CO)CC1.O=C(CN1CCCCCN(CC(=O)N2CCC(CO)CC2)Cc2cccc(n2)C1)N1CCC(CO)CC1.c1cc2nc(c1)CNCCCCCNC2. The van der Waals surface area contributed by atoms with Crippen LogP contribution in [0.15, 0.2) is 36.4 Å². The fourth-order valence-corrected chi connectivity index (χ4v) is 9.39. The maximum absolute atomic E-state index is 13.0. The number of nitrogens with zero attached hydrogens (tertiary/aromatic N) is 7. The van der Waals surface area contributed by atoms with Crippen LogP contribution >= 0.6 is 15.9 Å². The maximum Gasteiger partial charge on any atom is 0.236 e. The van der Waals surface area contributed by atoms with Gasteiger partial charge in [0, 0.05) is 85.3 Å². The lowest BCUT2D eigenvalue weighted by Gasteiger charge is -2.33. The first-order chi connectivity index (χ1) is 31.3. The second-order valence-electron chi connectivity index (χ2n) is 18.3. The van der Waals surface area contributed by atoms with Gasteiger partial charge in [-0.2, -0.15) is 0 Å². The first-order valence-corrected chi connectivity index (χ1v) is 25.4. The number of rotatable bonds is 8. The highest BCUT2D eigenvalue weighted by molar-refractivity contribution is 9.09. The first-order valence-electron chi connectivity index (χ1n) is 24.2. The molecule has 0 radical (unpaired) electrons. The van der Waals surface area contributed by atoms with E-state index in [9.17, 15) is 24.6 Å². The standard InChI is InChI=1S/C28H45N5O4.C12H19N3.C8H14BrNO2.CH4/c34-21-23-7-13-32(14-8-23)27(36)19-30-11-2-1-3-12-31(18-26-6-4-5-25(17-30)29-26)20-28(37)33-15-9-24(22-35)10-16-33;1-2-7-13-9-11-5-4-6-12(15-11)10-14-8-3-1;9-5-8(12)10-3-1-7(6-11)2-4-10;/h4-6,23-24,34-35H,1-3,7-22H2;4-6,13-14H,1-3,7-10H2;7,11H,1-6H2;1H4. The van der Waals surface area contributed by atoms with Gasteiger partial charge in [-0.05, 0) is 132 Å². The Morgan fingerprint density at radius 1 is 0.523 bits per heavy atom. The number of amides is 3. The van der Waals surface area contributed by atoms with E-state index in [0.717, 1.165) is 159 Å². The molecule has 0 atom stereocenters. The Balaban J connectivity index is 0.000000269. The minimum Gasteiger partial charge on any atom is -0.396 e. The number of aromatic nitrogens is 2. The molecule has 7 heterocycles. The van der Waals surface area contributed by atoms with Crippen LogP contribution in [0.25, 0.3) is 0 Å². The number of hydrogen-bond donors (Lipinski definition) is 5. The minimum absolute atomic E-state index is 0. The Labute approximate surface area is 398 Å². The number of aliphatic hydroxyl groups excluding tert-OH is 3. The van der Waals surface area contributed by atoms with E-state index < -0.39 is 0 Å². The smallest absolute Gasteiger partial charge is 0.236 e. The van der Waals surface area contributed by atoms with Crippen molar-refractivity contribution in [3.05, 3.63) is 59.2 Å². The van der Waals surface area contributed by atoms with Crippen molar-refractivity contribution in [3.63, 3.8) is 0 Å². The van der Waals surface area contributed by atoms with E-state index in [2.05, 4.69) is 59.5 Å². The molecular weight excluding hydrogens is 890 g/mol. The molecule has 3 saturated heterocycles. The molecule has 3 amide bonds. The molecule has 5 N–H and O–H groups in total. The van der Waals surface area contributed by atoms with Crippen LogP contribution in [0.2, 0.25) is 0 Å². The summed E-state index contributed by atoms with van der Waals surface area (Å²) in [4.78, 5) is 56.9. The van der Waals surface area contributed by atoms with E-state index in [-0.39, 0.29) is 45.0 Å². The molecule has 2 aromatic heterocycles. The number of alkyl halides is 1. The number of aliphatic hydroxyl groups is 3. The Hall–Kier alpha value is -3.09. The molecule has 7 rings (SSSR count). The topological polar surface area (TPSA) is 178 Å². The van der Waals surface area contributed by atoms with E-state index in [4.69, 9.17) is 10.1 Å². The van der Waals surface area contributed by atoms with Gasteiger partial charge in [-0.25, -0.2) is 0 Å². The lowest BCUT2D eigenvalue weighted by atomic mass is 9.98. The molecule has 2 aromatic rings. The molecule has 366 valence electrons. The number of carbonyl (C=O) groups is 3. The molecular formula is C49H82BrN9O6. The van der Waals surface area contributed by atoms with Gasteiger partial charge in [0.15, 0.2) is 0 Å². The molecule has 65 heavy (non-hydrogen) atoms. The normalized spacial score (nSPS) is 20.5. The average Bonchev–Trinajstić information content (AvgIpc) is 3.33.